The van der Waals surface area contributed by atoms with E-state index in [0.29, 0.717) is 44.6 Å². The second kappa shape index (κ2) is 11.0. The van der Waals surface area contributed by atoms with Crippen LogP contribution < -0.4 is 8.48 Å². The predicted octanol–water partition coefficient (Wildman–Crippen LogP) is 3.56. The van der Waals surface area contributed by atoms with Gasteiger partial charge in [-0.3, -0.25) is 0 Å². The van der Waals surface area contributed by atoms with Crippen molar-refractivity contribution in [3.05, 3.63) is 65.9 Å². The van der Waals surface area contributed by atoms with Gasteiger partial charge in [0.05, 0.1) is 6.26 Å². The van der Waals surface area contributed by atoms with E-state index in [9.17, 15) is 18.5 Å². The third kappa shape index (κ3) is 5.58. The second-order valence-corrected chi connectivity index (χ2v) is 28.5. The van der Waals surface area contributed by atoms with Crippen LogP contribution in [0.4, 0.5) is 5.69 Å². The fourth-order valence-electron chi connectivity index (χ4n) is 5.88. The van der Waals surface area contributed by atoms with E-state index in [0.717, 1.165) is 22.2 Å². The molecule has 0 radical (unpaired) electrons. The summed E-state index contributed by atoms with van der Waals surface area (Å²) in [6.07, 6.45) is 4.19. The molecule has 8 nitrogen and oxygen atoms in total. The van der Waals surface area contributed by atoms with Gasteiger partial charge >= 0.3 is 181 Å². The Hall–Kier alpha value is -2.68. The normalized spacial score (nSPS) is 18.5. The van der Waals surface area contributed by atoms with Crippen molar-refractivity contribution in [2.75, 3.05) is 50.4 Å². The number of amides is 1. The number of aromatic nitrogens is 1. The van der Waals surface area contributed by atoms with Gasteiger partial charge in [-0.15, -0.1) is 0 Å². The minimum Gasteiger partial charge on any atom is 0.0313 e. The van der Waals surface area contributed by atoms with Crippen LogP contribution in [0.2, 0.25) is 14.8 Å². The van der Waals surface area contributed by atoms with Crippen molar-refractivity contribution in [2.24, 2.45) is 0 Å². The Morgan fingerprint density at radius 1 is 0.950 bits per heavy atom. The molecule has 0 aliphatic carbocycles. The van der Waals surface area contributed by atoms with Gasteiger partial charge in [0.1, 0.15) is 0 Å². The SMILES string of the molecule is CS(=O)(=O)N1CCN(C(=O)c2cnc3ccccc3c2N2CCC(C#N)(c3cc[c]([Sn]([CH3])([CH3])[CH3])cc3)CC2)CC1. The minimum atomic E-state index is -3.29. The van der Waals surface area contributed by atoms with E-state index in [4.69, 9.17) is 0 Å². The summed E-state index contributed by atoms with van der Waals surface area (Å²) in [6.45, 7) is 2.53. The molecule has 0 saturated carbocycles. The van der Waals surface area contributed by atoms with Crippen LogP contribution in [0.1, 0.15) is 28.8 Å². The number of piperidine rings is 1. The number of sulfonamides is 1. The Bertz CT molecular complexity index is 1560. The van der Waals surface area contributed by atoms with Gasteiger partial charge in [0.25, 0.3) is 0 Å². The minimum absolute atomic E-state index is 0.136. The van der Waals surface area contributed by atoms with E-state index in [1.165, 1.54) is 14.1 Å². The largest absolute Gasteiger partial charge is 0.0347 e. The Morgan fingerprint density at radius 2 is 1.57 bits per heavy atom. The standard InChI is InChI=1S/C27H28N5O3S.3CH3.Sn/c1-36(34,35)32-17-15-31(16-18-32)26(33)23-19-29-24-10-6-5-9-22(24)25(23)30-13-11-27(20-28,12-14-30)21-7-3-2-4-8-21;;;;/h3-10,19H,11-18H2,1H3;3*1H3;. The molecule has 40 heavy (non-hydrogen) atoms. The number of rotatable bonds is 5. The van der Waals surface area contributed by atoms with E-state index in [2.05, 4.69) is 55.0 Å². The van der Waals surface area contributed by atoms with Crippen molar-refractivity contribution < 1.29 is 13.2 Å². The summed E-state index contributed by atoms with van der Waals surface area (Å²) < 4.78 is 26.8. The molecule has 0 unspecified atom stereocenters. The smallest absolute Gasteiger partial charge is 0.0313 e. The number of nitrogens with zero attached hydrogens (tertiary/aromatic N) is 5. The zero-order valence-electron chi connectivity index (χ0n) is 23.7. The van der Waals surface area contributed by atoms with Crippen molar-refractivity contribution in [3.8, 4) is 6.07 Å². The number of benzene rings is 2. The van der Waals surface area contributed by atoms with Crippen LogP contribution in [0.15, 0.2) is 54.7 Å². The fourth-order valence-corrected chi connectivity index (χ4v) is 10.0. The van der Waals surface area contributed by atoms with Gasteiger partial charge in [-0.25, -0.2) is 8.42 Å². The first-order chi connectivity index (χ1) is 18.9. The molecule has 2 aliphatic heterocycles. The van der Waals surface area contributed by atoms with Crippen LogP contribution in [-0.2, 0) is 15.4 Å². The number of carbonyl (C=O) groups is 1. The molecular formula is C30H37N5O3SSn. The summed E-state index contributed by atoms with van der Waals surface area (Å²) in [5.74, 6) is -0.136. The molecule has 2 saturated heterocycles. The number of pyridine rings is 1. The first kappa shape index (κ1) is 28.8. The third-order valence-corrected chi connectivity index (χ3v) is 15.6. The quantitative estimate of drug-likeness (QED) is 0.387. The summed E-state index contributed by atoms with van der Waals surface area (Å²) in [4.78, 5) is 29.6. The maximum atomic E-state index is 13.8. The molecule has 5 rings (SSSR count). The molecule has 2 aliphatic rings. The molecule has 3 aromatic rings. The molecule has 0 bridgehead atoms. The average molecular weight is 666 g/mol. The number of para-hydroxylation sites is 1. The Kier molecular flexibility index (Phi) is 7.89. The first-order valence-electron chi connectivity index (χ1n) is 13.8. The van der Waals surface area contributed by atoms with Gasteiger partial charge in [-0.05, 0) is 0 Å². The summed E-state index contributed by atoms with van der Waals surface area (Å²) in [5.41, 5.74) is 2.71. The summed E-state index contributed by atoms with van der Waals surface area (Å²) in [6, 6.07) is 19.3. The van der Waals surface area contributed by atoms with Crippen molar-refractivity contribution in [2.45, 2.75) is 33.1 Å². The van der Waals surface area contributed by atoms with E-state index >= 15 is 0 Å². The predicted molar refractivity (Wildman–Crippen MR) is 162 cm³/mol. The molecule has 0 atom stereocenters. The van der Waals surface area contributed by atoms with Crippen molar-refractivity contribution >= 4 is 54.5 Å². The number of piperazine rings is 1. The zero-order chi connectivity index (χ0) is 28.7. The second-order valence-electron chi connectivity index (χ2n) is 12.0. The monoisotopic (exact) mass is 667 g/mol. The number of anilines is 1. The molecule has 210 valence electrons. The van der Waals surface area contributed by atoms with Gasteiger partial charge < -0.3 is 0 Å². The Morgan fingerprint density at radius 3 is 2.15 bits per heavy atom. The number of fused-ring (bicyclic) bond motifs is 1. The van der Waals surface area contributed by atoms with Crippen LogP contribution in [-0.4, -0.2) is 92.4 Å². The number of carbonyl (C=O) groups excluding carboxylic acids is 1. The summed E-state index contributed by atoms with van der Waals surface area (Å²) >= 11 is -2.19. The van der Waals surface area contributed by atoms with E-state index in [1.807, 2.05) is 24.3 Å². The van der Waals surface area contributed by atoms with E-state index in [1.54, 1.807) is 11.1 Å². The van der Waals surface area contributed by atoms with Gasteiger partial charge in [-0.2, -0.15) is 4.31 Å². The number of hydrogen-bond acceptors (Lipinski definition) is 6. The molecule has 0 spiro atoms. The number of nitriles is 1. The van der Waals surface area contributed by atoms with E-state index in [-0.39, 0.29) is 19.0 Å². The van der Waals surface area contributed by atoms with Gasteiger partial charge in [0.2, 0.25) is 10.0 Å². The molecular weight excluding hydrogens is 629 g/mol. The first-order valence-corrected chi connectivity index (χ1v) is 25.7. The maximum absolute atomic E-state index is 13.8. The Labute approximate surface area is 241 Å². The van der Waals surface area contributed by atoms with Crippen LogP contribution in [0.5, 0.6) is 0 Å². The maximum Gasteiger partial charge on any atom is 0.0347 e. The van der Waals surface area contributed by atoms with E-state index < -0.39 is 33.8 Å². The summed E-state index contributed by atoms with van der Waals surface area (Å²) in [7, 11) is -3.29. The van der Waals surface area contributed by atoms with Gasteiger partial charge in [0, 0.05) is 26.2 Å². The number of hydrogen-bond donors (Lipinski definition) is 0. The molecule has 10 heteroatoms. The van der Waals surface area contributed by atoms with Crippen LogP contribution >= 0.6 is 0 Å². The van der Waals surface area contributed by atoms with Crippen molar-refractivity contribution in [1.29, 1.82) is 5.26 Å². The van der Waals surface area contributed by atoms with Crippen molar-refractivity contribution in [3.63, 3.8) is 0 Å². The third-order valence-electron chi connectivity index (χ3n) is 8.42. The topological polar surface area (TPSA) is 97.6 Å². The van der Waals surface area contributed by atoms with Crippen molar-refractivity contribution in [1.82, 2.24) is 14.2 Å². The molecule has 2 aromatic carbocycles. The molecule has 0 N–H and O–H groups in total. The average Bonchev–Trinajstić information content (AvgIpc) is 2.95. The van der Waals surface area contributed by atoms with Crippen LogP contribution in [0.25, 0.3) is 10.9 Å². The summed E-state index contributed by atoms with van der Waals surface area (Å²) in [5, 5.41) is 11.3. The Balaban J connectivity index is 1.43. The molecule has 2 fully saturated rings. The fraction of sp³-hybridized carbons (Fsp3) is 0.433. The zero-order valence-corrected chi connectivity index (χ0v) is 27.4. The van der Waals surface area contributed by atoms with Gasteiger partial charge in [-0.1, -0.05) is 6.07 Å². The van der Waals surface area contributed by atoms with Crippen LogP contribution in [0, 0.1) is 11.3 Å². The molecule has 3 heterocycles. The van der Waals surface area contributed by atoms with Crippen LogP contribution in [0.3, 0.4) is 0 Å². The van der Waals surface area contributed by atoms with Gasteiger partial charge in [0.15, 0.2) is 0 Å². The molecule has 1 aromatic heterocycles. The molecule has 1 amide bonds.